The van der Waals surface area contributed by atoms with Crippen molar-refractivity contribution in [2.45, 2.75) is 46.8 Å². The number of amides is 1. The smallest absolute Gasteiger partial charge is 0.251 e. The van der Waals surface area contributed by atoms with Crippen LogP contribution in [0.2, 0.25) is 0 Å². The Kier molecular flexibility index (Phi) is 9.87. The fraction of sp³-hybridized carbons (Fsp3) is 0.379. The van der Waals surface area contributed by atoms with Crippen LogP contribution in [0.15, 0.2) is 61.3 Å². The van der Waals surface area contributed by atoms with Crippen molar-refractivity contribution in [2.24, 2.45) is 5.41 Å². The molecule has 1 amide bonds. The highest BCUT2D eigenvalue weighted by molar-refractivity contribution is 5.95. The third kappa shape index (κ3) is 7.67. The minimum atomic E-state index is -0.207. The first-order valence-electron chi connectivity index (χ1n) is 13.4. The number of nitrogens with one attached hydrogen (secondary N) is 3. The minimum Gasteiger partial charge on any atom is -0.396 e. The van der Waals surface area contributed by atoms with Crippen LogP contribution in [-0.2, 0) is 26.1 Å². The summed E-state index contributed by atoms with van der Waals surface area (Å²) in [5.41, 5.74) is 4.02. The van der Waals surface area contributed by atoms with E-state index in [2.05, 4.69) is 48.0 Å². The second kappa shape index (κ2) is 13.7. The van der Waals surface area contributed by atoms with Gasteiger partial charge in [-0.05, 0) is 47.9 Å². The Morgan fingerprint density at radius 1 is 1.05 bits per heavy atom. The minimum absolute atomic E-state index is 0.106. The van der Waals surface area contributed by atoms with Crippen LogP contribution in [0.5, 0.6) is 0 Å². The first-order chi connectivity index (χ1) is 19.4. The molecule has 0 aliphatic rings. The topological polar surface area (TPSA) is 143 Å². The third-order valence-electron chi connectivity index (χ3n) is 6.58. The predicted molar refractivity (Wildman–Crippen MR) is 153 cm³/mol. The maximum absolute atomic E-state index is 12.9. The number of aryl methyl sites for hydroxylation is 1. The Morgan fingerprint density at radius 3 is 2.67 bits per heavy atom. The van der Waals surface area contributed by atoms with E-state index >= 15 is 0 Å². The Labute approximate surface area is 234 Å². The average Bonchev–Trinajstić information content (AvgIpc) is 3.40. The number of carbonyl (C=O) groups is 1. The van der Waals surface area contributed by atoms with Crippen molar-refractivity contribution in [3.05, 3.63) is 83.8 Å². The third-order valence-corrected chi connectivity index (χ3v) is 6.58. The number of aliphatic hydroxyl groups excluding tert-OH is 1. The molecule has 0 radical (unpaired) electrons. The van der Waals surface area contributed by atoms with Gasteiger partial charge in [-0.1, -0.05) is 26.8 Å². The highest BCUT2D eigenvalue weighted by Gasteiger charge is 2.18. The van der Waals surface area contributed by atoms with Crippen molar-refractivity contribution in [2.75, 3.05) is 25.0 Å². The van der Waals surface area contributed by atoms with Gasteiger partial charge < -0.3 is 25.6 Å². The number of carbonyl (C=O) groups excluding carboxylic acids is 1. The molecular formula is C29H37N9O2. The van der Waals surface area contributed by atoms with Crippen molar-refractivity contribution in [1.82, 2.24) is 40.3 Å². The lowest BCUT2D eigenvalue weighted by atomic mass is 9.95. The van der Waals surface area contributed by atoms with Crippen molar-refractivity contribution in [3.63, 3.8) is 0 Å². The van der Waals surface area contributed by atoms with Crippen LogP contribution in [0.3, 0.4) is 0 Å². The fourth-order valence-electron chi connectivity index (χ4n) is 4.16. The second-order valence-corrected chi connectivity index (χ2v) is 10.3. The molecule has 11 heteroatoms. The highest BCUT2D eigenvalue weighted by atomic mass is 16.3. The lowest BCUT2D eigenvalue weighted by molar-refractivity contribution is 0.0951. The number of pyridine rings is 1. The molecule has 0 saturated carbocycles. The molecular weight excluding hydrogens is 506 g/mol. The Bertz CT molecular complexity index is 1390. The fourth-order valence-corrected chi connectivity index (χ4v) is 4.16. The molecule has 4 N–H and O–H groups in total. The van der Waals surface area contributed by atoms with Crippen molar-refractivity contribution < 1.29 is 9.90 Å². The van der Waals surface area contributed by atoms with Gasteiger partial charge in [0.15, 0.2) is 11.6 Å². The van der Waals surface area contributed by atoms with Gasteiger partial charge in [-0.2, -0.15) is 0 Å². The largest absolute Gasteiger partial charge is 0.396 e. The zero-order chi connectivity index (χ0) is 28.4. The van der Waals surface area contributed by atoms with Gasteiger partial charge >= 0.3 is 0 Å². The SMILES string of the molecule is CCc1cnccc1CNC(=O)c1cccc(NCc2nnc(-c3ccncn3)n2CCNCC(C)(C)CO)c1. The zero-order valence-corrected chi connectivity index (χ0v) is 23.3. The van der Waals surface area contributed by atoms with Crippen LogP contribution in [0.1, 0.15) is 48.1 Å². The summed E-state index contributed by atoms with van der Waals surface area (Å²) in [6.45, 7) is 9.01. The number of anilines is 1. The summed E-state index contributed by atoms with van der Waals surface area (Å²) in [6, 6.07) is 11.1. The molecule has 0 aliphatic carbocycles. The number of hydrogen-bond donors (Lipinski definition) is 4. The van der Waals surface area contributed by atoms with Gasteiger partial charge in [-0.25, -0.2) is 9.97 Å². The van der Waals surface area contributed by atoms with Gasteiger partial charge in [0.2, 0.25) is 0 Å². The monoisotopic (exact) mass is 543 g/mol. The first kappa shape index (κ1) is 28.8. The maximum atomic E-state index is 12.9. The van der Waals surface area contributed by atoms with Crippen molar-refractivity contribution >= 4 is 11.6 Å². The number of benzene rings is 1. The summed E-state index contributed by atoms with van der Waals surface area (Å²) in [4.78, 5) is 25.4. The zero-order valence-electron chi connectivity index (χ0n) is 23.3. The molecule has 11 nitrogen and oxygen atoms in total. The van der Waals surface area contributed by atoms with E-state index in [0.29, 0.717) is 49.8 Å². The van der Waals surface area contributed by atoms with E-state index in [4.69, 9.17) is 0 Å². The average molecular weight is 544 g/mol. The molecule has 3 heterocycles. The molecule has 0 spiro atoms. The predicted octanol–water partition coefficient (Wildman–Crippen LogP) is 2.84. The second-order valence-electron chi connectivity index (χ2n) is 10.3. The van der Waals surface area contributed by atoms with Gasteiger partial charge in [-0.15, -0.1) is 10.2 Å². The van der Waals surface area contributed by atoms with Crippen LogP contribution in [-0.4, -0.2) is 60.4 Å². The number of aromatic nitrogens is 6. The van der Waals surface area contributed by atoms with E-state index < -0.39 is 0 Å². The number of nitrogens with zero attached hydrogens (tertiary/aromatic N) is 6. The summed E-state index contributed by atoms with van der Waals surface area (Å²) in [5.74, 6) is 1.24. The van der Waals surface area contributed by atoms with Crippen molar-refractivity contribution in [3.8, 4) is 11.5 Å². The van der Waals surface area contributed by atoms with Gasteiger partial charge in [0.1, 0.15) is 12.0 Å². The standard InChI is InChI=1S/C29H37N9O2/c1-4-21-15-30-10-8-23(21)16-34-28(40)22-6-5-7-24(14-22)33-17-26-36-37-27(25-9-11-32-20-35-25)38(26)13-12-31-18-29(2,3)19-39/h5-11,14-15,20,31,33,39H,4,12-13,16-19H2,1-3H3,(H,34,40). The molecule has 0 saturated heterocycles. The van der Waals surface area contributed by atoms with E-state index in [-0.39, 0.29) is 17.9 Å². The molecule has 40 heavy (non-hydrogen) atoms. The van der Waals surface area contributed by atoms with Crippen molar-refractivity contribution in [1.29, 1.82) is 0 Å². The van der Waals surface area contributed by atoms with E-state index in [1.165, 1.54) is 6.33 Å². The lowest BCUT2D eigenvalue weighted by Gasteiger charge is -2.22. The Morgan fingerprint density at radius 2 is 1.90 bits per heavy atom. The molecule has 0 fully saturated rings. The molecule has 3 aromatic heterocycles. The summed E-state index contributed by atoms with van der Waals surface area (Å²) < 4.78 is 2.02. The van der Waals surface area contributed by atoms with Gasteiger partial charge in [0.25, 0.3) is 5.91 Å². The summed E-state index contributed by atoms with van der Waals surface area (Å²) in [7, 11) is 0. The maximum Gasteiger partial charge on any atom is 0.251 e. The summed E-state index contributed by atoms with van der Waals surface area (Å²) in [6.07, 6.45) is 7.61. The highest BCUT2D eigenvalue weighted by Crippen LogP contribution is 2.18. The van der Waals surface area contributed by atoms with E-state index in [1.54, 1.807) is 24.5 Å². The van der Waals surface area contributed by atoms with Crippen LogP contribution >= 0.6 is 0 Å². The normalized spacial score (nSPS) is 11.4. The van der Waals surface area contributed by atoms with Crippen LogP contribution < -0.4 is 16.0 Å². The first-order valence-corrected chi connectivity index (χ1v) is 13.4. The molecule has 0 bridgehead atoms. The molecule has 1 aromatic carbocycles. The molecule has 0 atom stereocenters. The molecule has 210 valence electrons. The number of hydrogen-bond acceptors (Lipinski definition) is 9. The van der Waals surface area contributed by atoms with Gasteiger partial charge in [-0.3, -0.25) is 9.78 Å². The summed E-state index contributed by atoms with van der Waals surface area (Å²) >= 11 is 0. The Hall–Kier alpha value is -4.22. The van der Waals surface area contributed by atoms with E-state index in [9.17, 15) is 9.90 Å². The van der Waals surface area contributed by atoms with Gasteiger partial charge in [0, 0.05) is 68.0 Å². The number of aliphatic hydroxyl groups is 1. The van der Waals surface area contributed by atoms with Crippen LogP contribution in [0.4, 0.5) is 5.69 Å². The van der Waals surface area contributed by atoms with E-state index in [0.717, 1.165) is 29.1 Å². The lowest BCUT2D eigenvalue weighted by Crippen LogP contribution is -2.34. The molecule has 0 aliphatic heterocycles. The van der Waals surface area contributed by atoms with Crippen LogP contribution in [0.25, 0.3) is 11.5 Å². The quantitative estimate of drug-likeness (QED) is 0.177. The molecule has 0 unspecified atom stereocenters. The van der Waals surface area contributed by atoms with Crippen LogP contribution in [0, 0.1) is 5.41 Å². The van der Waals surface area contributed by atoms with E-state index in [1.807, 2.05) is 48.9 Å². The molecule has 4 rings (SSSR count). The molecule has 4 aromatic rings. The number of rotatable bonds is 14. The Balaban J connectivity index is 1.42. The van der Waals surface area contributed by atoms with Gasteiger partial charge in [0.05, 0.1) is 6.54 Å². The summed E-state index contributed by atoms with van der Waals surface area (Å²) in [5, 5.41) is 28.2.